The second kappa shape index (κ2) is 13.5. The Bertz CT molecular complexity index is 327. The summed E-state index contributed by atoms with van der Waals surface area (Å²) in [4.78, 5) is 11.6. The van der Waals surface area contributed by atoms with E-state index in [1.54, 1.807) is 6.92 Å². The van der Waals surface area contributed by atoms with E-state index < -0.39 is 12.0 Å². The Balaban J connectivity index is 3.87. The Hall–Kier alpha value is -0.930. The first-order valence-electron chi connectivity index (χ1n) is 9.18. The molecule has 0 spiro atoms. The number of hydrogen-bond donors (Lipinski definition) is 0. The average Bonchev–Trinajstić information content (AvgIpc) is 2.49. The quantitative estimate of drug-likeness (QED) is 0.208. The van der Waals surface area contributed by atoms with Crippen molar-refractivity contribution in [3.63, 3.8) is 0 Å². The van der Waals surface area contributed by atoms with Gasteiger partial charge in [-0.25, -0.2) is 8.78 Å². The van der Waals surface area contributed by atoms with Crippen LogP contribution in [-0.2, 0) is 9.53 Å². The van der Waals surface area contributed by atoms with Crippen molar-refractivity contribution in [1.29, 1.82) is 0 Å². The summed E-state index contributed by atoms with van der Waals surface area (Å²) in [5.41, 5.74) is 0. The lowest BCUT2D eigenvalue weighted by Gasteiger charge is -2.13. The first-order chi connectivity index (χ1) is 10.9. The van der Waals surface area contributed by atoms with Crippen molar-refractivity contribution in [3.05, 3.63) is 12.2 Å². The van der Waals surface area contributed by atoms with Crippen LogP contribution in [0.15, 0.2) is 12.2 Å². The van der Waals surface area contributed by atoms with Crippen molar-refractivity contribution in [3.8, 4) is 0 Å². The number of carbonyl (C=O) groups is 1. The van der Waals surface area contributed by atoms with Crippen LogP contribution in [0.5, 0.6) is 0 Å². The smallest absolute Gasteiger partial charge is 0.306 e. The van der Waals surface area contributed by atoms with E-state index in [2.05, 4.69) is 6.92 Å². The van der Waals surface area contributed by atoms with E-state index in [9.17, 15) is 13.6 Å². The SMILES string of the molecule is CCCCCCCCC(=O)OC(C)/C=C\C(F)(F)CCCCC. The van der Waals surface area contributed by atoms with Crippen molar-refractivity contribution in [2.75, 3.05) is 0 Å². The molecule has 0 aromatic carbocycles. The highest BCUT2D eigenvalue weighted by molar-refractivity contribution is 5.69. The maximum atomic E-state index is 13.6. The molecule has 0 aliphatic rings. The highest BCUT2D eigenvalue weighted by Gasteiger charge is 2.24. The Morgan fingerprint density at radius 1 is 1.00 bits per heavy atom. The maximum Gasteiger partial charge on any atom is 0.306 e. The number of halogens is 2. The Morgan fingerprint density at radius 2 is 1.57 bits per heavy atom. The topological polar surface area (TPSA) is 26.3 Å². The number of alkyl halides is 2. The van der Waals surface area contributed by atoms with Gasteiger partial charge in [-0.05, 0) is 31.9 Å². The van der Waals surface area contributed by atoms with E-state index in [0.717, 1.165) is 38.2 Å². The maximum absolute atomic E-state index is 13.6. The summed E-state index contributed by atoms with van der Waals surface area (Å²) >= 11 is 0. The molecule has 0 N–H and O–H groups in total. The van der Waals surface area contributed by atoms with Crippen LogP contribution in [0.25, 0.3) is 0 Å². The van der Waals surface area contributed by atoms with E-state index in [0.29, 0.717) is 12.8 Å². The van der Waals surface area contributed by atoms with Gasteiger partial charge in [0, 0.05) is 12.8 Å². The van der Waals surface area contributed by atoms with Gasteiger partial charge in [-0.15, -0.1) is 0 Å². The van der Waals surface area contributed by atoms with Gasteiger partial charge in [0.05, 0.1) is 0 Å². The van der Waals surface area contributed by atoms with Crippen LogP contribution in [0.3, 0.4) is 0 Å². The van der Waals surface area contributed by atoms with Crippen LogP contribution < -0.4 is 0 Å². The van der Waals surface area contributed by atoms with Gasteiger partial charge in [0.25, 0.3) is 5.92 Å². The van der Waals surface area contributed by atoms with Crippen LogP contribution in [-0.4, -0.2) is 18.0 Å². The molecule has 2 nitrogen and oxygen atoms in total. The third kappa shape index (κ3) is 14.4. The lowest BCUT2D eigenvalue weighted by Crippen LogP contribution is -2.16. The van der Waals surface area contributed by atoms with E-state index >= 15 is 0 Å². The Morgan fingerprint density at radius 3 is 2.22 bits per heavy atom. The molecule has 0 aromatic heterocycles. The molecule has 0 rings (SSSR count). The summed E-state index contributed by atoms with van der Waals surface area (Å²) in [6, 6.07) is 0. The minimum Gasteiger partial charge on any atom is -0.458 e. The van der Waals surface area contributed by atoms with E-state index in [-0.39, 0.29) is 12.4 Å². The zero-order chi connectivity index (χ0) is 17.6. The molecule has 0 heterocycles. The largest absolute Gasteiger partial charge is 0.458 e. The molecule has 23 heavy (non-hydrogen) atoms. The summed E-state index contributed by atoms with van der Waals surface area (Å²) in [6.45, 7) is 5.77. The van der Waals surface area contributed by atoms with Gasteiger partial charge < -0.3 is 4.74 Å². The first kappa shape index (κ1) is 22.1. The Kier molecular flexibility index (Phi) is 13.0. The molecule has 0 aliphatic carbocycles. The highest BCUT2D eigenvalue weighted by atomic mass is 19.3. The standard InChI is InChI=1S/C19H34F2O2/c1-4-6-8-9-10-11-13-18(22)23-17(3)14-16-19(20,21)15-12-7-5-2/h14,16-17H,4-13,15H2,1-3H3/b16-14-. The molecule has 1 atom stereocenters. The fraction of sp³-hybridized carbons (Fsp3) is 0.842. The zero-order valence-corrected chi connectivity index (χ0v) is 15.1. The molecule has 0 amide bonds. The molecule has 0 saturated heterocycles. The lowest BCUT2D eigenvalue weighted by atomic mass is 10.1. The molecule has 0 saturated carbocycles. The van der Waals surface area contributed by atoms with Gasteiger partial charge in [-0.1, -0.05) is 58.8 Å². The minimum absolute atomic E-state index is 0.143. The number of esters is 1. The number of hydrogen-bond acceptors (Lipinski definition) is 2. The van der Waals surface area contributed by atoms with Gasteiger partial charge in [0.1, 0.15) is 6.10 Å². The second-order valence-corrected chi connectivity index (χ2v) is 6.29. The summed E-state index contributed by atoms with van der Waals surface area (Å²) in [7, 11) is 0. The predicted octanol–water partition coefficient (Wildman–Crippen LogP) is 6.44. The fourth-order valence-corrected chi connectivity index (χ4v) is 2.33. The lowest BCUT2D eigenvalue weighted by molar-refractivity contribution is -0.146. The van der Waals surface area contributed by atoms with E-state index in [1.165, 1.54) is 25.3 Å². The van der Waals surface area contributed by atoms with Gasteiger partial charge in [0.2, 0.25) is 0 Å². The Labute approximate surface area is 140 Å². The zero-order valence-electron chi connectivity index (χ0n) is 15.1. The summed E-state index contributed by atoms with van der Waals surface area (Å²) < 4.78 is 32.3. The summed E-state index contributed by atoms with van der Waals surface area (Å²) in [6.07, 6.45) is 10.7. The molecule has 0 fully saturated rings. The molecule has 0 aromatic rings. The van der Waals surface area contributed by atoms with E-state index in [1.807, 2.05) is 6.92 Å². The summed E-state index contributed by atoms with van der Waals surface area (Å²) in [5.74, 6) is -3.11. The van der Waals surface area contributed by atoms with Crippen molar-refractivity contribution in [1.82, 2.24) is 0 Å². The normalized spacial score (nSPS) is 13.4. The van der Waals surface area contributed by atoms with E-state index in [4.69, 9.17) is 4.74 Å². The van der Waals surface area contributed by atoms with Crippen LogP contribution in [0.2, 0.25) is 0 Å². The van der Waals surface area contributed by atoms with Gasteiger partial charge in [-0.3, -0.25) is 4.79 Å². The number of allylic oxidation sites excluding steroid dienone is 1. The van der Waals surface area contributed by atoms with Crippen LogP contribution >= 0.6 is 0 Å². The fourth-order valence-electron chi connectivity index (χ4n) is 2.33. The molecule has 136 valence electrons. The molecular formula is C19H34F2O2. The molecular weight excluding hydrogens is 298 g/mol. The van der Waals surface area contributed by atoms with Gasteiger partial charge in [-0.2, -0.15) is 0 Å². The van der Waals surface area contributed by atoms with Gasteiger partial charge >= 0.3 is 5.97 Å². The average molecular weight is 332 g/mol. The van der Waals surface area contributed by atoms with Crippen molar-refractivity contribution in [2.24, 2.45) is 0 Å². The number of carbonyl (C=O) groups excluding carboxylic acids is 1. The predicted molar refractivity (Wildman–Crippen MR) is 91.8 cm³/mol. The van der Waals surface area contributed by atoms with Crippen molar-refractivity contribution in [2.45, 2.75) is 103 Å². The molecule has 1 unspecified atom stereocenters. The third-order valence-corrected chi connectivity index (χ3v) is 3.78. The number of rotatable bonds is 14. The van der Waals surface area contributed by atoms with Gasteiger partial charge in [0.15, 0.2) is 0 Å². The number of unbranched alkanes of at least 4 members (excludes halogenated alkanes) is 7. The highest BCUT2D eigenvalue weighted by Crippen LogP contribution is 2.23. The van der Waals surface area contributed by atoms with Crippen LogP contribution in [0.1, 0.15) is 91.4 Å². The molecule has 0 radical (unpaired) electrons. The third-order valence-electron chi connectivity index (χ3n) is 3.78. The van der Waals surface area contributed by atoms with Crippen molar-refractivity contribution >= 4 is 5.97 Å². The number of ether oxygens (including phenoxy) is 1. The first-order valence-corrected chi connectivity index (χ1v) is 9.18. The molecule has 4 heteroatoms. The monoisotopic (exact) mass is 332 g/mol. The minimum atomic E-state index is -2.81. The van der Waals surface area contributed by atoms with Crippen LogP contribution in [0, 0.1) is 0 Å². The molecule has 0 bridgehead atoms. The van der Waals surface area contributed by atoms with Crippen LogP contribution in [0.4, 0.5) is 8.78 Å². The molecule has 0 aliphatic heterocycles. The second-order valence-electron chi connectivity index (χ2n) is 6.29. The van der Waals surface area contributed by atoms with Crippen molar-refractivity contribution < 1.29 is 18.3 Å². The summed E-state index contributed by atoms with van der Waals surface area (Å²) in [5, 5.41) is 0.